The number of nitrogens with zero attached hydrogens (tertiary/aromatic N) is 2. The van der Waals surface area contributed by atoms with Crippen molar-refractivity contribution in [2.75, 3.05) is 26.2 Å². The van der Waals surface area contributed by atoms with Gasteiger partial charge in [0.05, 0.1) is 5.92 Å². The van der Waals surface area contributed by atoms with Gasteiger partial charge in [0, 0.05) is 26.1 Å². The molecule has 1 fully saturated rings. The van der Waals surface area contributed by atoms with Gasteiger partial charge in [0.25, 0.3) is 0 Å². The molecule has 2 N–H and O–H groups in total. The highest BCUT2D eigenvalue weighted by molar-refractivity contribution is 5.89. The molecule has 2 rings (SSSR count). The van der Waals surface area contributed by atoms with Crippen molar-refractivity contribution in [2.24, 2.45) is 11.7 Å². The van der Waals surface area contributed by atoms with Crippen LogP contribution in [0.3, 0.4) is 0 Å². The van der Waals surface area contributed by atoms with Crippen LogP contribution in [0.5, 0.6) is 0 Å². The number of hydrogen-bond acceptors (Lipinski definition) is 3. The Morgan fingerprint density at radius 1 is 1.28 bits per heavy atom. The molecule has 0 bridgehead atoms. The second-order valence-corrected chi connectivity index (χ2v) is 6.18. The van der Waals surface area contributed by atoms with E-state index in [9.17, 15) is 22.8 Å². The maximum atomic E-state index is 12.7. The minimum atomic E-state index is -4.46. The molecular formula is C17H22F3N3O2. The third-order valence-electron chi connectivity index (χ3n) is 4.09. The second kappa shape index (κ2) is 8.33. The number of nitrogens with two attached hydrogens (primary N) is 1. The van der Waals surface area contributed by atoms with Crippen LogP contribution >= 0.6 is 0 Å². The molecule has 0 radical (unpaired) electrons. The van der Waals surface area contributed by atoms with Gasteiger partial charge in [-0.25, -0.2) is 0 Å². The maximum Gasteiger partial charge on any atom is 0.406 e. The molecule has 1 unspecified atom stereocenters. The number of halogens is 3. The highest BCUT2D eigenvalue weighted by Gasteiger charge is 2.41. The van der Waals surface area contributed by atoms with Gasteiger partial charge < -0.3 is 15.5 Å². The van der Waals surface area contributed by atoms with Crippen LogP contribution in [0.4, 0.5) is 13.2 Å². The molecule has 8 heteroatoms. The summed E-state index contributed by atoms with van der Waals surface area (Å²) < 4.78 is 37.6. The number of benzene rings is 1. The number of hydrogen-bond donors (Lipinski definition) is 1. The Labute approximate surface area is 144 Å². The fraction of sp³-hybridized carbons (Fsp3) is 0.529. The van der Waals surface area contributed by atoms with Gasteiger partial charge in [-0.3, -0.25) is 9.59 Å². The van der Waals surface area contributed by atoms with Crippen molar-refractivity contribution in [3.63, 3.8) is 0 Å². The fourth-order valence-electron chi connectivity index (χ4n) is 2.92. The Morgan fingerprint density at radius 2 is 1.96 bits per heavy atom. The van der Waals surface area contributed by atoms with Crippen LogP contribution in [-0.2, 0) is 16.1 Å². The summed E-state index contributed by atoms with van der Waals surface area (Å²) in [6.45, 7) is -0.331. The molecule has 2 amide bonds. The zero-order valence-corrected chi connectivity index (χ0v) is 13.8. The minimum absolute atomic E-state index is 0.178. The lowest BCUT2D eigenvalue weighted by Gasteiger charge is -2.26. The van der Waals surface area contributed by atoms with E-state index in [-0.39, 0.29) is 18.9 Å². The van der Waals surface area contributed by atoms with E-state index < -0.39 is 24.5 Å². The predicted octanol–water partition coefficient (Wildman–Crippen LogP) is 1.77. The van der Waals surface area contributed by atoms with E-state index >= 15 is 0 Å². The zero-order valence-electron chi connectivity index (χ0n) is 13.8. The molecule has 1 aromatic rings. The first-order valence-corrected chi connectivity index (χ1v) is 8.17. The summed E-state index contributed by atoms with van der Waals surface area (Å²) in [5.41, 5.74) is 6.43. The first kappa shape index (κ1) is 19.2. The van der Waals surface area contributed by atoms with Crippen LogP contribution in [-0.4, -0.2) is 54.0 Å². The van der Waals surface area contributed by atoms with Crippen LogP contribution in [0.15, 0.2) is 30.3 Å². The van der Waals surface area contributed by atoms with E-state index in [0.717, 1.165) is 5.56 Å². The summed E-state index contributed by atoms with van der Waals surface area (Å²) in [6.07, 6.45) is -4.05. The van der Waals surface area contributed by atoms with Gasteiger partial charge in [0.15, 0.2) is 0 Å². The highest BCUT2D eigenvalue weighted by atomic mass is 19.4. The SMILES string of the molecule is NCCCN(Cc1ccccc1)C(=O)C1CC(=O)N(CC(F)(F)F)C1. The molecule has 1 aromatic carbocycles. The molecule has 5 nitrogen and oxygen atoms in total. The average molecular weight is 357 g/mol. The topological polar surface area (TPSA) is 66.6 Å². The van der Waals surface area contributed by atoms with Crippen molar-refractivity contribution < 1.29 is 22.8 Å². The molecule has 25 heavy (non-hydrogen) atoms. The molecule has 0 aliphatic carbocycles. The van der Waals surface area contributed by atoms with Crippen molar-refractivity contribution in [3.05, 3.63) is 35.9 Å². The molecule has 1 aliphatic heterocycles. The van der Waals surface area contributed by atoms with Crippen molar-refractivity contribution in [1.29, 1.82) is 0 Å². The molecular weight excluding hydrogens is 335 g/mol. The maximum absolute atomic E-state index is 12.7. The molecule has 138 valence electrons. The first-order valence-electron chi connectivity index (χ1n) is 8.17. The van der Waals surface area contributed by atoms with E-state index in [1.807, 2.05) is 30.3 Å². The van der Waals surface area contributed by atoms with E-state index in [4.69, 9.17) is 5.73 Å². The normalized spacial score (nSPS) is 17.8. The van der Waals surface area contributed by atoms with Crippen LogP contribution in [0.1, 0.15) is 18.4 Å². The van der Waals surface area contributed by atoms with Gasteiger partial charge in [-0.15, -0.1) is 0 Å². The monoisotopic (exact) mass is 357 g/mol. The minimum Gasteiger partial charge on any atom is -0.338 e. The first-order chi connectivity index (χ1) is 11.8. The summed E-state index contributed by atoms with van der Waals surface area (Å²) in [5.74, 6) is -1.67. The Balaban J connectivity index is 2.04. The van der Waals surface area contributed by atoms with Crippen molar-refractivity contribution in [2.45, 2.75) is 25.6 Å². The smallest absolute Gasteiger partial charge is 0.338 e. The van der Waals surface area contributed by atoms with Gasteiger partial charge in [0.1, 0.15) is 6.54 Å². The highest BCUT2D eigenvalue weighted by Crippen LogP contribution is 2.25. The third-order valence-corrected chi connectivity index (χ3v) is 4.09. The van der Waals surface area contributed by atoms with Gasteiger partial charge >= 0.3 is 6.18 Å². The summed E-state index contributed by atoms with van der Waals surface area (Å²) >= 11 is 0. The quantitative estimate of drug-likeness (QED) is 0.809. The number of carbonyl (C=O) groups excluding carboxylic acids is 2. The van der Waals surface area contributed by atoms with E-state index in [2.05, 4.69) is 0 Å². The standard InChI is InChI=1S/C17H22F3N3O2/c18-17(19,20)12-23-11-14(9-15(23)24)16(25)22(8-4-7-21)10-13-5-2-1-3-6-13/h1-3,5-6,14H,4,7-12,21H2. The Hall–Kier alpha value is -2.09. The molecule has 0 spiro atoms. The van der Waals surface area contributed by atoms with Crippen LogP contribution in [0.25, 0.3) is 0 Å². The van der Waals surface area contributed by atoms with Gasteiger partial charge in [-0.1, -0.05) is 30.3 Å². The van der Waals surface area contributed by atoms with Crippen LogP contribution in [0, 0.1) is 5.92 Å². The molecule has 0 aromatic heterocycles. The molecule has 0 saturated carbocycles. The summed E-state index contributed by atoms with van der Waals surface area (Å²) in [7, 11) is 0. The summed E-state index contributed by atoms with van der Waals surface area (Å²) in [4.78, 5) is 26.8. The third kappa shape index (κ3) is 5.74. The molecule has 1 aliphatic rings. The predicted molar refractivity (Wildman–Crippen MR) is 86.3 cm³/mol. The molecule has 1 heterocycles. The van der Waals surface area contributed by atoms with Gasteiger partial charge in [-0.2, -0.15) is 13.2 Å². The van der Waals surface area contributed by atoms with E-state index in [0.29, 0.717) is 31.0 Å². The second-order valence-electron chi connectivity index (χ2n) is 6.18. The Kier molecular flexibility index (Phi) is 6.41. The Morgan fingerprint density at radius 3 is 2.56 bits per heavy atom. The van der Waals surface area contributed by atoms with Crippen molar-refractivity contribution in [3.8, 4) is 0 Å². The molecule has 1 atom stereocenters. The molecule has 1 saturated heterocycles. The number of likely N-dealkylation sites (tertiary alicyclic amines) is 1. The zero-order chi connectivity index (χ0) is 18.4. The Bertz CT molecular complexity index is 593. The number of carbonyl (C=O) groups is 2. The van der Waals surface area contributed by atoms with E-state index in [1.54, 1.807) is 4.90 Å². The average Bonchev–Trinajstić information content (AvgIpc) is 2.90. The number of amides is 2. The van der Waals surface area contributed by atoms with Crippen molar-refractivity contribution >= 4 is 11.8 Å². The largest absolute Gasteiger partial charge is 0.406 e. The number of alkyl halides is 3. The summed E-state index contributed by atoms with van der Waals surface area (Å²) in [5, 5.41) is 0. The van der Waals surface area contributed by atoms with Crippen LogP contribution in [0.2, 0.25) is 0 Å². The fourth-order valence-corrected chi connectivity index (χ4v) is 2.92. The van der Waals surface area contributed by atoms with Crippen LogP contribution < -0.4 is 5.73 Å². The lowest BCUT2D eigenvalue weighted by molar-refractivity contribution is -0.157. The van der Waals surface area contributed by atoms with Crippen molar-refractivity contribution in [1.82, 2.24) is 9.80 Å². The van der Waals surface area contributed by atoms with Gasteiger partial charge in [-0.05, 0) is 18.5 Å². The lowest BCUT2D eigenvalue weighted by Crippen LogP contribution is -2.39. The lowest BCUT2D eigenvalue weighted by atomic mass is 10.1. The van der Waals surface area contributed by atoms with E-state index in [1.165, 1.54) is 0 Å². The number of rotatable bonds is 7. The summed E-state index contributed by atoms with van der Waals surface area (Å²) in [6, 6.07) is 9.31. The van der Waals surface area contributed by atoms with Gasteiger partial charge in [0.2, 0.25) is 11.8 Å².